The molecular formula is C31H28F4N6O4S. The lowest BCUT2D eigenvalue weighted by Crippen LogP contribution is -2.59. The second kappa shape index (κ2) is 11.0. The molecule has 46 heavy (non-hydrogen) atoms. The van der Waals surface area contributed by atoms with E-state index in [1.807, 2.05) is 0 Å². The normalized spacial score (nSPS) is 21.8. The molecule has 0 spiro atoms. The number of halogens is 4. The number of fused-ring (bicyclic) bond motifs is 2. The van der Waals surface area contributed by atoms with Crippen LogP contribution in [0.5, 0.6) is 0 Å². The molecule has 2 fully saturated rings. The van der Waals surface area contributed by atoms with E-state index in [4.69, 9.17) is 4.74 Å². The molecule has 1 aromatic carbocycles. The first-order valence-corrected chi connectivity index (χ1v) is 16.0. The van der Waals surface area contributed by atoms with Crippen LogP contribution >= 0.6 is 0 Å². The maximum absolute atomic E-state index is 14.6. The zero-order chi connectivity index (χ0) is 32.4. The van der Waals surface area contributed by atoms with E-state index in [2.05, 4.69) is 15.2 Å². The van der Waals surface area contributed by atoms with Gasteiger partial charge < -0.3 is 4.74 Å². The van der Waals surface area contributed by atoms with E-state index < -0.39 is 50.9 Å². The number of nitrogens with zero attached hydrogens (tertiary/aromatic N) is 6. The van der Waals surface area contributed by atoms with E-state index in [1.165, 1.54) is 33.4 Å². The Balaban J connectivity index is 1.34. The second-order valence-electron chi connectivity index (χ2n) is 11.9. The number of rotatable bonds is 7. The molecule has 0 unspecified atom stereocenters. The summed E-state index contributed by atoms with van der Waals surface area (Å²) >= 11 is 0. The smallest absolute Gasteiger partial charge is 0.378 e. The molecule has 4 aromatic rings. The summed E-state index contributed by atoms with van der Waals surface area (Å²) < 4.78 is 92.6. The van der Waals surface area contributed by atoms with E-state index in [0.29, 0.717) is 28.9 Å². The molecule has 0 amide bonds. The average Bonchev–Trinajstić information content (AvgIpc) is 3.63. The Labute approximate surface area is 261 Å². The van der Waals surface area contributed by atoms with Gasteiger partial charge in [0.1, 0.15) is 11.5 Å². The third kappa shape index (κ3) is 5.06. The molecule has 4 heterocycles. The second-order valence-corrected chi connectivity index (χ2v) is 13.7. The highest BCUT2D eigenvalue weighted by atomic mass is 32.2. The van der Waals surface area contributed by atoms with Crippen LogP contribution in [0.25, 0.3) is 11.8 Å². The maximum Gasteiger partial charge on any atom is 0.416 e. The summed E-state index contributed by atoms with van der Waals surface area (Å²) in [5, 5.41) is 8.48. The minimum atomic E-state index is -4.70. The van der Waals surface area contributed by atoms with E-state index in [9.17, 15) is 30.8 Å². The van der Waals surface area contributed by atoms with Gasteiger partial charge in [-0.05, 0) is 79.8 Å². The van der Waals surface area contributed by atoms with Crippen molar-refractivity contribution in [1.82, 2.24) is 28.9 Å². The number of hydrogen-bond donors (Lipinski definition) is 0. The summed E-state index contributed by atoms with van der Waals surface area (Å²) in [7, 11) is -2.53. The summed E-state index contributed by atoms with van der Waals surface area (Å²) in [5.74, 6) is -1.04. The van der Waals surface area contributed by atoms with Crippen LogP contribution in [0, 0.1) is 11.2 Å². The summed E-state index contributed by atoms with van der Waals surface area (Å²) in [6.07, 6.45) is 1.85. The van der Waals surface area contributed by atoms with Gasteiger partial charge in [-0.3, -0.25) is 14.5 Å². The first-order chi connectivity index (χ1) is 21.9. The van der Waals surface area contributed by atoms with Gasteiger partial charge in [0.25, 0.3) is 10.0 Å². The molecule has 0 radical (unpaired) electrons. The number of ether oxygens (including phenoxy) is 1. The van der Waals surface area contributed by atoms with Gasteiger partial charge in [-0.15, -0.1) is 0 Å². The van der Waals surface area contributed by atoms with Crippen LogP contribution in [-0.2, 0) is 34.4 Å². The van der Waals surface area contributed by atoms with Gasteiger partial charge in [-0.2, -0.15) is 27.7 Å². The van der Waals surface area contributed by atoms with Crippen molar-refractivity contribution in [3.8, 4) is 5.69 Å². The number of ketones is 1. The van der Waals surface area contributed by atoms with Gasteiger partial charge in [0.15, 0.2) is 10.8 Å². The predicted octanol–water partition coefficient (Wildman–Crippen LogP) is 4.61. The maximum atomic E-state index is 14.6. The molecule has 3 aliphatic rings. The minimum Gasteiger partial charge on any atom is -0.378 e. The Morgan fingerprint density at radius 2 is 1.87 bits per heavy atom. The minimum absolute atomic E-state index is 0.000671. The van der Waals surface area contributed by atoms with Crippen LogP contribution in [0.1, 0.15) is 46.6 Å². The number of carbonyl (C=O) groups is 1. The number of aromatic nitrogens is 5. The van der Waals surface area contributed by atoms with E-state index in [0.717, 1.165) is 18.3 Å². The highest BCUT2D eigenvalue weighted by molar-refractivity contribution is 7.89. The monoisotopic (exact) mass is 656 g/mol. The molecule has 3 aromatic heterocycles. The van der Waals surface area contributed by atoms with E-state index in [-0.39, 0.29) is 43.2 Å². The molecule has 15 heteroatoms. The SMILES string of the molecule is Cn1ccc(S(=O)(=O)N(C2COC2)[C@H]2CCC3=Cc4c(cnn4-c4ccc(F)cc4)C[C@]3(C(=O)c3cc(C(F)(F)F)ccn3)C2)n1. The van der Waals surface area contributed by atoms with Gasteiger partial charge in [-0.25, -0.2) is 17.5 Å². The zero-order valence-corrected chi connectivity index (χ0v) is 25.3. The van der Waals surface area contributed by atoms with Crippen LogP contribution in [-0.4, -0.2) is 68.3 Å². The Hall–Kier alpha value is -4.21. The lowest BCUT2D eigenvalue weighted by molar-refractivity contribution is -0.137. The number of hydrogen-bond acceptors (Lipinski definition) is 7. The van der Waals surface area contributed by atoms with Crippen molar-refractivity contribution in [3.05, 3.63) is 95.0 Å². The van der Waals surface area contributed by atoms with Crippen molar-refractivity contribution in [2.45, 2.75) is 49.0 Å². The third-order valence-electron chi connectivity index (χ3n) is 9.03. The van der Waals surface area contributed by atoms with Crippen LogP contribution in [0.4, 0.5) is 17.6 Å². The van der Waals surface area contributed by atoms with Crippen molar-refractivity contribution < 1.29 is 35.5 Å². The number of sulfonamides is 1. The number of carbonyl (C=O) groups excluding carboxylic acids is 1. The van der Waals surface area contributed by atoms with Crippen molar-refractivity contribution in [2.24, 2.45) is 12.5 Å². The molecule has 2 atom stereocenters. The molecule has 7 rings (SSSR count). The fourth-order valence-corrected chi connectivity index (χ4v) is 8.53. The predicted molar refractivity (Wildman–Crippen MR) is 156 cm³/mol. The first-order valence-electron chi connectivity index (χ1n) is 14.6. The molecule has 240 valence electrons. The number of aryl methyl sites for hydroxylation is 1. The molecule has 10 nitrogen and oxygen atoms in total. The van der Waals surface area contributed by atoms with Gasteiger partial charge in [0.05, 0.1) is 47.8 Å². The summed E-state index contributed by atoms with van der Waals surface area (Å²) in [5.41, 5.74) is -0.250. The van der Waals surface area contributed by atoms with Crippen molar-refractivity contribution in [3.63, 3.8) is 0 Å². The quantitative estimate of drug-likeness (QED) is 0.211. The number of Topliss-reactive ketones (excluding diaryl/α,β-unsaturated/α-hetero) is 1. The van der Waals surface area contributed by atoms with E-state index in [1.54, 1.807) is 36.1 Å². The van der Waals surface area contributed by atoms with Crippen LogP contribution in [0.3, 0.4) is 0 Å². The topological polar surface area (TPSA) is 112 Å². The summed E-state index contributed by atoms with van der Waals surface area (Å²) in [4.78, 5) is 18.6. The van der Waals surface area contributed by atoms with Crippen molar-refractivity contribution in [1.29, 1.82) is 0 Å². The Morgan fingerprint density at radius 1 is 1.11 bits per heavy atom. The highest BCUT2D eigenvalue weighted by Gasteiger charge is 2.53. The van der Waals surface area contributed by atoms with Gasteiger partial charge in [-0.1, -0.05) is 5.57 Å². The van der Waals surface area contributed by atoms with Gasteiger partial charge in [0.2, 0.25) is 0 Å². The van der Waals surface area contributed by atoms with Crippen molar-refractivity contribution in [2.75, 3.05) is 13.2 Å². The number of alkyl halides is 3. The van der Waals surface area contributed by atoms with Crippen LogP contribution < -0.4 is 0 Å². The summed E-state index contributed by atoms with van der Waals surface area (Å²) in [6, 6.07) is 7.51. The molecule has 2 aliphatic carbocycles. The van der Waals surface area contributed by atoms with Gasteiger partial charge in [0, 0.05) is 25.5 Å². The first kappa shape index (κ1) is 30.4. The Bertz CT molecular complexity index is 1970. The average molecular weight is 657 g/mol. The largest absolute Gasteiger partial charge is 0.416 e. The fraction of sp³-hybridized carbons (Fsp3) is 0.355. The molecule has 1 aliphatic heterocycles. The Kier molecular flexibility index (Phi) is 7.25. The molecule has 0 bridgehead atoms. The molecule has 0 N–H and O–H groups in total. The lowest BCUT2D eigenvalue weighted by atomic mass is 9.60. The molecule has 1 saturated heterocycles. The lowest BCUT2D eigenvalue weighted by Gasteiger charge is -2.49. The van der Waals surface area contributed by atoms with Crippen molar-refractivity contribution >= 4 is 21.9 Å². The zero-order valence-electron chi connectivity index (χ0n) is 24.5. The molecular weight excluding hydrogens is 628 g/mol. The van der Waals surface area contributed by atoms with Gasteiger partial charge >= 0.3 is 6.18 Å². The summed E-state index contributed by atoms with van der Waals surface area (Å²) in [6.45, 7) is 0.325. The highest BCUT2D eigenvalue weighted by Crippen LogP contribution is 2.52. The van der Waals surface area contributed by atoms with E-state index >= 15 is 0 Å². The fourth-order valence-electron chi connectivity index (χ4n) is 6.77. The number of allylic oxidation sites excluding steroid dienone is 1. The number of pyridine rings is 1. The third-order valence-corrected chi connectivity index (χ3v) is 10.9. The standard InChI is InChI=1S/C31H28F4N6O4S/c1-39-11-9-28(38-39)46(43,44)41(25-17-45-18-25)24-5-2-20-13-27-19(16-37-40(27)23-6-3-22(32)4-7-23)14-30(20,15-24)29(42)26-12-21(8-10-36-26)31(33,34)35/h3-4,6-13,16,24-25H,2,5,14-15,17-18H2,1H3/t24-,30-/m0/s1. The van der Waals surface area contributed by atoms with Crippen LogP contribution in [0.15, 0.2) is 71.7 Å². The number of benzene rings is 1. The van der Waals surface area contributed by atoms with Crippen LogP contribution in [0.2, 0.25) is 0 Å². The molecule has 1 saturated carbocycles. The Morgan fingerprint density at radius 3 is 2.52 bits per heavy atom.